The minimum Gasteiger partial charge on any atom is -0.434 e. The van der Waals surface area contributed by atoms with Gasteiger partial charge in [-0.15, -0.1) is 11.3 Å². The van der Waals surface area contributed by atoms with Crippen LogP contribution in [0.4, 0.5) is 22.0 Å². The molecule has 0 aliphatic carbocycles. The van der Waals surface area contributed by atoms with Crippen LogP contribution >= 0.6 is 11.3 Å². The molecule has 1 aromatic carbocycles. The summed E-state index contributed by atoms with van der Waals surface area (Å²) in [6.07, 6.45) is 0.731. The number of aliphatic hydroxyl groups excluding tert-OH is 1. The molecule has 6 nitrogen and oxygen atoms in total. The first kappa shape index (κ1) is 23.8. The van der Waals surface area contributed by atoms with Gasteiger partial charge in [-0.2, -0.15) is 17.6 Å². The Bertz CT molecular complexity index is 1090. The monoisotopic (exact) mass is 476 g/mol. The molecule has 2 aromatic heterocycles. The Morgan fingerprint density at radius 2 is 1.72 bits per heavy atom. The van der Waals surface area contributed by atoms with Gasteiger partial charge in [-0.05, 0) is 37.6 Å². The molecular formula is C20H17F5N2O4S. The van der Waals surface area contributed by atoms with Crippen molar-refractivity contribution in [2.75, 3.05) is 0 Å². The molecule has 0 amide bonds. The van der Waals surface area contributed by atoms with Crippen molar-refractivity contribution in [3.05, 3.63) is 57.9 Å². The van der Waals surface area contributed by atoms with Crippen molar-refractivity contribution >= 4 is 11.3 Å². The number of ether oxygens (including phenoxy) is 2. The highest BCUT2D eigenvalue weighted by Gasteiger charge is 2.27. The topological polar surface area (TPSA) is 84.7 Å². The van der Waals surface area contributed by atoms with Crippen LogP contribution in [0.2, 0.25) is 0 Å². The second kappa shape index (κ2) is 9.35. The van der Waals surface area contributed by atoms with E-state index in [1.807, 2.05) is 0 Å². The van der Waals surface area contributed by atoms with E-state index in [4.69, 9.17) is 0 Å². The molecule has 0 saturated heterocycles. The summed E-state index contributed by atoms with van der Waals surface area (Å²) in [6.45, 7) is -3.53. The van der Waals surface area contributed by atoms with Gasteiger partial charge in [0.1, 0.15) is 28.3 Å². The van der Waals surface area contributed by atoms with Crippen molar-refractivity contribution in [3.8, 4) is 22.8 Å². The molecule has 12 heteroatoms. The van der Waals surface area contributed by atoms with Crippen LogP contribution in [0.15, 0.2) is 36.7 Å². The fourth-order valence-electron chi connectivity index (χ4n) is 2.82. The third-order valence-electron chi connectivity index (χ3n) is 4.19. The Hall–Kier alpha value is -2.83. The van der Waals surface area contributed by atoms with Crippen molar-refractivity contribution in [3.63, 3.8) is 0 Å². The van der Waals surface area contributed by atoms with Gasteiger partial charge in [-0.25, -0.2) is 14.4 Å². The fourth-order valence-corrected chi connectivity index (χ4v) is 3.74. The minimum atomic E-state index is -3.29. The average Bonchev–Trinajstić information content (AvgIpc) is 3.18. The van der Waals surface area contributed by atoms with Crippen LogP contribution in [0.3, 0.4) is 0 Å². The molecule has 0 unspecified atom stereocenters. The van der Waals surface area contributed by atoms with E-state index in [9.17, 15) is 27.8 Å². The molecule has 3 rings (SSSR count). The SMILES string of the molecule is CC(C)(O)c1ncc([C@H](O)c2ccc(OC(F)F)c(-c3ccnc(OC(F)F)c3)c2F)s1. The summed E-state index contributed by atoms with van der Waals surface area (Å²) in [5, 5.41) is 21.0. The number of aliphatic hydroxyl groups is 2. The number of alkyl halides is 4. The lowest BCUT2D eigenvalue weighted by Gasteiger charge is -2.17. The zero-order chi connectivity index (χ0) is 23.6. The largest absolute Gasteiger partial charge is 0.434 e. The standard InChI is InChI=1S/C20H17F5N2O4S/c1-20(2,29)17-27-8-12(32-17)16(28)10-3-4-11(30-18(22)23)14(15(10)21)9-5-6-26-13(7-9)31-19(24)25/h3-8,16,18-19,28-29H,1-2H3/t16-/m1/s1. The maximum atomic E-state index is 15.5. The summed E-state index contributed by atoms with van der Waals surface area (Å²) in [6, 6.07) is 4.19. The smallest absolute Gasteiger partial charge is 0.388 e. The van der Waals surface area contributed by atoms with Crippen LogP contribution < -0.4 is 9.47 Å². The van der Waals surface area contributed by atoms with Crippen LogP contribution in [0.5, 0.6) is 11.6 Å². The van der Waals surface area contributed by atoms with Crippen LogP contribution in [0, 0.1) is 5.82 Å². The summed E-state index contributed by atoms with van der Waals surface area (Å²) in [5.41, 5.74) is -2.24. The lowest BCUT2D eigenvalue weighted by Crippen LogP contribution is -2.14. The van der Waals surface area contributed by atoms with Crippen molar-refractivity contribution in [2.45, 2.75) is 38.8 Å². The van der Waals surface area contributed by atoms with Gasteiger partial charge in [-0.1, -0.05) is 0 Å². The zero-order valence-corrected chi connectivity index (χ0v) is 17.4. The number of thiazole rings is 1. The summed E-state index contributed by atoms with van der Waals surface area (Å²) in [5.74, 6) is -2.27. The van der Waals surface area contributed by atoms with Gasteiger partial charge in [0.05, 0.1) is 10.4 Å². The van der Waals surface area contributed by atoms with Crippen LogP contribution in [-0.4, -0.2) is 33.4 Å². The molecule has 1 atom stereocenters. The summed E-state index contributed by atoms with van der Waals surface area (Å²) >= 11 is 0.935. The second-order valence-electron chi connectivity index (χ2n) is 7.01. The van der Waals surface area contributed by atoms with E-state index in [1.54, 1.807) is 0 Å². The molecule has 0 fully saturated rings. The van der Waals surface area contributed by atoms with E-state index in [-0.39, 0.29) is 21.0 Å². The predicted molar refractivity (Wildman–Crippen MR) is 104 cm³/mol. The van der Waals surface area contributed by atoms with Gasteiger partial charge in [0.25, 0.3) is 0 Å². The van der Waals surface area contributed by atoms with Crippen molar-refractivity contribution < 1.29 is 41.6 Å². The van der Waals surface area contributed by atoms with Gasteiger partial charge in [0.2, 0.25) is 5.88 Å². The van der Waals surface area contributed by atoms with Crippen LogP contribution in [-0.2, 0) is 5.60 Å². The number of halogens is 5. The predicted octanol–water partition coefficient (Wildman–Crippen LogP) is 4.86. The molecule has 2 N–H and O–H groups in total. The fraction of sp³-hybridized carbons (Fsp3) is 0.300. The number of benzene rings is 1. The third-order valence-corrected chi connectivity index (χ3v) is 5.56. The van der Waals surface area contributed by atoms with E-state index in [2.05, 4.69) is 19.4 Å². The molecule has 0 aliphatic rings. The maximum absolute atomic E-state index is 15.5. The molecule has 0 aliphatic heterocycles. The molecular weight excluding hydrogens is 459 g/mol. The van der Waals surface area contributed by atoms with E-state index in [0.29, 0.717) is 0 Å². The number of aromatic nitrogens is 2. The van der Waals surface area contributed by atoms with Crippen LogP contribution in [0.1, 0.15) is 35.4 Å². The van der Waals surface area contributed by atoms with Crippen molar-refractivity contribution in [2.24, 2.45) is 0 Å². The maximum Gasteiger partial charge on any atom is 0.388 e. The highest BCUT2D eigenvalue weighted by molar-refractivity contribution is 7.11. The highest BCUT2D eigenvalue weighted by atomic mass is 32.1. The number of nitrogens with zero attached hydrogens (tertiary/aromatic N) is 2. The minimum absolute atomic E-state index is 0.140. The quantitative estimate of drug-likeness (QED) is 0.452. The normalized spacial score (nSPS) is 13.0. The molecule has 0 spiro atoms. The lowest BCUT2D eigenvalue weighted by atomic mass is 9.98. The number of hydrogen-bond donors (Lipinski definition) is 2. The van der Waals surface area contributed by atoms with E-state index in [0.717, 1.165) is 35.7 Å². The molecule has 3 aromatic rings. The molecule has 32 heavy (non-hydrogen) atoms. The Balaban J connectivity index is 2.10. The van der Waals surface area contributed by atoms with E-state index < -0.39 is 47.9 Å². The Kier molecular flexibility index (Phi) is 6.96. The molecule has 2 heterocycles. The second-order valence-corrected chi connectivity index (χ2v) is 8.07. The molecule has 172 valence electrons. The first-order chi connectivity index (χ1) is 15.0. The first-order valence-electron chi connectivity index (χ1n) is 9.02. The van der Waals surface area contributed by atoms with Gasteiger partial charge < -0.3 is 19.7 Å². The molecule has 0 saturated carbocycles. The third kappa shape index (κ3) is 5.31. The van der Waals surface area contributed by atoms with Gasteiger partial charge in [0, 0.05) is 24.0 Å². The lowest BCUT2D eigenvalue weighted by molar-refractivity contribution is -0.0528. The van der Waals surface area contributed by atoms with Gasteiger partial charge in [0.15, 0.2) is 0 Å². The van der Waals surface area contributed by atoms with E-state index >= 15 is 4.39 Å². The summed E-state index contributed by atoms with van der Waals surface area (Å²) in [4.78, 5) is 7.76. The zero-order valence-electron chi connectivity index (χ0n) is 16.6. The van der Waals surface area contributed by atoms with Gasteiger partial charge in [-0.3, -0.25) is 0 Å². The first-order valence-corrected chi connectivity index (χ1v) is 9.84. The van der Waals surface area contributed by atoms with Crippen LogP contribution in [0.25, 0.3) is 11.1 Å². The van der Waals surface area contributed by atoms with Crippen molar-refractivity contribution in [1.29, 1.82) is 0 Å². The molecule has 0 radical (unpaired) electrons. The summed E-state index contributed by atoms with van der Waals surface area (Å²) < 4.78 is 74.8. The van der Waals surface area contributed by atoms with Crippen molar-refractivity contribution in [1.82, 2.24) is 9.97 Å². The number of hydrogen-bond acceptors (Lipinski definition) is 7. The highest BCUT2D eigenvalue weighted by Crippen LogP contribution is 2.40. The Morgan fingerprint density at radius 1 is 1.03 bits per heavy atom. The average molecular weight is 476 g/mol. The molecule has 0 bridgehead atoms. The summed E-state index contributed by atoms with van der Waals surface area (Å²) in [7, 11) is 0. The Labute approximate surface area is 182 Å². The van der Waals surface area contributed by atoms with E-state index in [1.165, 1.54) is 26.1 Å². The number of pyridine rings is 1. The van der Waals surface area contributed by atoms with Gasteiger partial charge >= 0.3 is 13.2 Å². The Morgan fingerprint density at radius 3 is 2.31 bits per heavy atom. The number of rotatable bonds is 8.